The Labute approximate surface area is 147 Å². The van der Waals surface area contributed by atoms with Crippen LogP contribution in [0.5, 0.6) is 5.75 Å². The van der Waals surface area contributed by atoms with Crippen LogP contribution in [-0.4, -0.2) is 48.8 Å². The summed E-state index contributed by atoms with van der Waals surface area (Å²) in [6.07, 6.45) is 1.99. The number of aromatic nitrogens is 2. The van der Waals surface area contributed by atoms with E-state index in [2.05, 4.69) is 39.5 Å². The SMILES string of the molecule is CCN(CC)c1ccc(N/N=C/c2ccc(OCC3CO3)cc2)nn1. The fourth-order valence-corrected chi connectivity index (χ4v) is 2.28. The summed E-state index contributed by atoms with van der Waals surface area (Å²) in [4.78, 5) is 2.14. The van der Waals surface area contributed by atoms with Gasteiger partial charge in [-0.1, -0.05) is 0 Å². The number of anilines is 2. The van der Waals surface area contributed by atoms with Gasteiger partial charge in [0.1, 0.15) is 18.5 Å². The van der Waals surface area contributed by atoms with Crippen LogP contribution in [0.25, 0.3) is 0 Å². The average Bonchev–Trinajstić information content (AvgIpc) is 3.48. The van der Waals surface area contributed by atoms with Crippen molar-refractivity contribution in [3.05, 3.63) is 42.0 Å². The van der Waals surface area contributed by atoms with E-state index in [4.69, 9.17) is 9.47 Å². The molecule has 2 heterocycles. The summed E-state index contributed by atoms with van der Waals surface area (Å²) < 4.78 is 10.7. The van der Waals surface area contributed by atoms with Crippen LogP contribution in [0.3, 0.4) is 0 Å². The molecule has 1 aromatic carbocycles. The molecule has 1 aliphatic rings. The molecule has 132 valence electrons. The van der Waals surface area contributed by atoms with Crippen LogP contribution in [0.4, 0.5) is 11.6 Å². The Hall–Kier alpha value is -2.67. The van der Waals surface area contributed by atoms with Gasteiger partial charge < -0.3 is 14.4 Å². The van der Waals surface area contributed by atoms with Gasteiger partial charge in [0.2, 0.25) is 0 Å². The van der Waals surface area contributed by atoms with Crippen molar-refractivity contribution in [1.82, 2.24) is 10.2 Å². The number of nitrogens with zero attached hydrogens (tertiary/aromatic N) is 4. The monoisotopic (exact) mass is 341 g/mol. The van der Waals surface area contributed by atoms with Crippen LogP contribution in [0, 0.1) is 0 Å². The number of ether oxygens (including phenoxy) is 2. The van der Waals surface area contributed by atoms with Gasteiger partial charge in [-0.15, -0.1) is 10.2 Å². The van der Waals surface area contributed by atoms with E-state index in [1.165, 1.54) is 0 Å². The van der Waals surface area contributed by atoms with Gasteiger partial charge in [-0.2, -0.15) is 5.10 Å². The molecule has 7 heteroatoms. The molecular weight excluding hydrogens is 318 g/mol. The van der Waals surface area contributed by atoms with Gasteiger partial charge in [0, 0.05) is 13.1 Å². The molecule has 0 radical (unpaired) electrons. The van der Waals surface area contributed by atoms with Crippen molar-refractivity contribution >= 4 is 17.9 Å². The second-order valence-electron chi connectivity index (χ2n) is 5.65. The van der Waals surface area contributed by atoms with Gasteiger partial charge in [0.25, 0.3) is 0 Å². The van der Waals surface area contributed by atoms with Crippen molar-refractivity contribution in [2.75, 3.05) is 36.6 Å². The number of hydrazone groups is 1. The fraction of sp³-hybridized carbons (Fsp3) is 0.389. The van der Waals surface area contributed by atoms with E-state index in [0.717, 1.165) is 36.8 Å². The zero-order valence-corrected chi connectivity index (χ0v) is 14.6. The van der Waals surface area contributed by atoms with E-state index in [-0.39, 0.29) is 6.10 Å². The van der Waals surface area contributed by atoms with Crippen molar-refractivity contribution < 1.29 is 9.47 Å². The molecule has 0 amide bonds. The summed E-state index contributed by atoms with van der Waals surface area (Å²) in [5.41, 5.74) is 3.86. The highest BCUT2D eigenvalue weighted by molar-refractivity contribution is 5.80. The zero-order chi connectivity index (χ0) is 17.5. The minimum absolute atomic E-state index is 0.264. The first-order valence-corrected chi connectivity index (χ1v) is 8.50. The third-order valence-electron chi connectivity index (χ3n) is 3.85. The molecule has 25 heavy (non-hydrogen) atoms. The molecule has 1 aromatic heterocycles. The van der Waals surface area contributed by atoms with E-state index in [1.807, 2.05) is 36.4 Å². The molecule has 1 unspecified atom stereocenters. The molecule has 2 aromatic rings. The van der Waals surface area contributed by atoms with Crippen molar-refractivity contribution in [2.24, 2.45) is 5.10 Å². The standard InChI is InChI=1S/C18H23N5O2/c1-3-23(4-2)18-10-9-17(21-22-18)20-19-11-14-5-7-15(8-6-14)24-12-16-13-25-16/h5-11,16H,3-4,12-13H2,1-2H3,(H,20,21)/b19-11+. The second kappa shape index (κ2) is 8.43. The maximum absolute atomic E-state index is 5.60. The zero-order valence-electron chi connectivity index (χ0n) is 14.6. The topological polar surface area (TPSA) is 75.2 Å². The lowest BCUT2D eigenvalue weighted by atomic mass is 10.2. The van der Waals surface area contributed by atoms with Crippen LogP contribution >= 0.6 is 0 Å². The Kier molecular flexibility index (Phi) is 5.79. The van der Waals surface area contributed by atoms with Crippen molar-refractivity contribution in [2.45, 2.75) is 20.0 Å². The molecule has 1 atom stereocenters. The minimum Gasteiger partial charge on any atom is -0.491 e. The third-order valence-corrected chi connectivity index (χ3v) is 3.85. The lowest BCUT2D eigenvalue weighted by Gasteiger charge is -2.18. The van der Waals surface area contributed by atoms with Crippen molar-refractivity contribution in [3.8, 4) is 5.75 Å². The second-order valence-corrected chi connectivity index (χ2v) is 5.65. The highest BCUT2D eigenvalue weighted by atomic mass is 16.6. The largest absolute Gasteiger partial charge is 0.491 e. The molecule has 0 spiro atoms. The Morgan fingerprint density at radius 3 is 2.56 bits per heavy atom. The molecule has 1 aliphatic heterocycles. The maximum Gasteiger partial charge on any atom is 0.168 e. The molecule has 7 nitrogen and oxygen atoms in total. The lowest BCUT2D eigenvalue weighted by Crippen LogP contribution is -2.23. The minimum atomic E-state index is 0.264. The first-order valence-electron chi connectivity index (χ1n) is 8.50. The summed E-state index contributed by atoms with van der Waals surface area (Å²) >= 11 is 0. The first-order chi connectivity index (χ1) is 12.3. The molecule has 0 aliphatic carbocycles. The highest BCUT2D eigenvalue weighted by Crippen LogP contribution is 2.15. The molecule has 0 saturated carbocycles. The highest BCUT2D eigenvalue weighted by Gasteiger charge is 2.22. The quantitative estimate of drug-likeness (QED) is 0.429. The Morgan fingerprint density at radius 2 is 1.96 bits per heavy atom. The number of epoxide rings is 1. The number of benzene rings is 1. The van der Waals surface area contributed by atoms with Crippen molar-refractivity contribution in [3.63, 3.8) is 0 Å². The maximum atomic E-state index is 5.60. The molecular formula is C18H23N5O2. The van der Waals surface area contributed by atoms with Gasteiger partial charge in [-0.25, -0.2) is 0 Å². The van der Waals surface area contributed by atoms with Gasteiger partial charge >= 0.3 is 0 Å². The van der Waals surface area contributed by atoms with Gasteiger partial charge in [-0.3, -0.25) is 5.43 Å². The van der Waals surface area contributed by atoms with Crippen LogP contribution in [-0.2, 0) is 4.74 Å². The van der Waals surface area contributed by atoms with Gasteiger partial charge in [-0.05, 0) is 55.8 Å². The Morgan fingerprint density at radius 1 is 1.20 bits per heavy atom. The first kappa shape index (κ1) is 17.2. The summed E-state index contributed by atoms with van der Waals surface area (Å²) in [6, 6.07) is 11.5. The lowest BCUT2D eigenvalue weighted by molar-refractivity contribution is 0.263. The van der Waals surface area contributed by atoms with Crippen LogP contribution in [0.1, 0.15) is 19.4 Å². The number of rotatable bonds is 9. The smallest absolute Gasteiger partial charge is 0.168 e. The Balaban J connectivity index is 1.50. The summed E-state index contributed by atoms with van der Waals surface area (Å²) in [5, 5.41) is 12.5. The van der Waals surface area contributed by atoms with Gasteiger partial charge in [0.15, 0.2) is 11.6 Å². The average molecular weight is 341 g/mol. The van der Waals surface area contributed by atoms with Gasteiger partial charge in [0.05, 0.1) is 12.8 Å². The fourth-order valence-electron chi connectivity index (χ4n) is 2.28. The predicted octanol–water partition coefficient (Wildman–Crippen LogP) is 2.55. The molecule has 3 rings (SSSR count). The number of nitrogens with one attached hydrogen (secondary N) is 1. The van der Waals surface area contributed by atoms with Crippen LogP contribution < -0.4 is 15.1 Å². The molecule has 1 saturated heterocycles. The van der Waals surface area contributed by atoms with E-state index < -0.39 is 0 Å². The van der Waals surface area contributed by atoms with E-state index in [1.54, 1.807) is 6.21 Å². The number of hydrogen-bond acceptors (Lipinski definition) is 7. The van der Waals surface area contributed by atoms with Crippen molar-refractivity contribution in [1.29, 1.82) is 0 Å². The third kappa shape index (κ3) is 5.15. The number of hydrogen-bond donors (Lipinski definition) is 1. The molecule has 0 bridgehead atoms. The summed E-state index contributed by atoms with van der Waals surface area (Å²) in [7, 11) is 0. The van der Waals surface area contributed by atoms with Crippen LogP contribution in [0.2, 0.25) is 0 Å². The summed E-state index contributed by atoms with van der Waals surface area (Å²) in [5.74, 6) is 2.31. The van der Waals surface area contributed by atoms with E-state index in [0.29, 0.717) is 12.4 Å². The molecule has 1 N–H and O–H groups in total. The van der Waals surface area contributed by atoms with Crippen LogP contribution in [0.15, 0.2) is 41.5 Å². The normalized spacial score (nSPS) is 16.0. The summed E-state index contributed by atoms with van der Waals surface area (Å²) in [6.45, 7) is 7.41. The van der Waals surface area contributed by atoms with E-state index >= 15 is 0 Å². The Bertz CT molecular complexity index is 680. The molecule has 1 fully saturated rings. The van der Waals surface area contributed by atoms with E-state index in [9.17, 15) is 0 Å². The predicted molar refractivity (Wildman–Crippen MR) is 98.5 cm³/mol.